The summed E-state index contributed by atoms with van der Waals surface area (Å²) in [6, 6.07) is 15.4. The molecule has 3 aromatic rings. The molecule has 1 aromatic heterocycles. The Hall–Kier alpha value is -2.66. The van der Waals surface area contributed by atoms with Crippen LogP contribution in [-0.4, -0.2) is 29.1 Å². The average Bonchev–Trinajstić information content (AvgIpc) is 2.67. The van der Waals surface area contributed by atoms with Crippen molar-refractivity contribution in [3.05, 3.63) is 58.8 Å². The van der Waals surface area contributed by atoms with E-state index in [0.29, 0.717) is 10.8 Å². The van der Waals surface area contributed by atoms with E-state index >= 15 is 0 Å². The fraction of sp³-hybridized carbons (Fsp3) is 0.333. The molecule has 2 unspecified atom stereocenters. The van der Waals surface area contributed by atoms with Gasteiger partial charge in [0.25, 0.3) is 0 Å². The lowest BCUT2D eigenvalue weighted by Gasteiger charge is -2.30. The zero-order chi connectivity index (χ0) is 18.1. The number of hydrogen-bond donors (Lipinski definition) is 2. The number of piperidine rings is 1. The van der Waals surface area contributed by atoms with Crippen LogP contribution in [0, 0.1) is 0 Å². The SMILES string of the molecule is CC1NCCCC1NC(=O)Cn1c2ccccc2c(=O)c2ccccc21. The maximum Gasteiger partial charge on any atom is 0.240 e. The molecular weight excluding hydrogens is 326 g/mol. The van der Waals surface area contributed by atoms with Gasteiger partial charge in [0.1, 0.15) is 6.54 Å². The lowest BCUT2D eigenvalue weighted by molar-refractivity contribution is -0.122. The summed E-state index contributed by atoms with van der Waals surface area (Å²) in [5, 5.41) is 7.86. The van der Waals surface area contributed by atoms with Crippen molar-refractivity contribution in [2.45, 2.75) is 38.4 Å². The third-order valence-electron chi connectivity index (χ3n) is 5.29. The van der Waals surface area contributed by atoms with Crippen molar-refractivity contribution >= 4 is 27.7 Å². The predicted octanol–water partition coefficient (Wildman–Crippen LogP) is 2.41. The first-order valence-electron chi connectivity index (χ1n) is 9.18. The van der Waals surface area contributed by atoms with Crippen molar-refractivity contribution in [2.75, 3.05) is 6.54 Å². The monoisotopic (exact) mass is 349 g/mol. The Morgan fingerprint density at radius 3 is 2.35 bits per heavy atom. The molecular formula is C21H23N3O2. The smallest absolute Gasteiger partial charge is 0.240 e. The van der Waals surface area contributed by atoms with Gasteiger partial charge >= 0.3 is 0 Å². The van der Waals surface area contributed by atoms with Gasteiger partial charge in [0.15, 0.2) is 5.43 Å². The highest BCUT2D eigenvalue weighted by Crippen LogP contribution is 2.19. The minimum absolute atomic E-state index is 0.0120. The van der Waals surface area contributed by atoms with Crippen LogP contribution in [0.4, 0.5) is 0 Å². The number of nitrogens with one attached hydrogen (secondary N) is 2. The number of pyridine rings is 1. The number of benzene rings is 2. The number of rotatable bonds is 3. The lowest BCUT2D eigenvalue weighted by atomic mass is 10.00. The number of aromatic nitrogens is 1. The highest BCUT2D eigenvalue weighted by molar-refractivity contribution is 5.94. The Morgan fingerprint density at radius 2 is 1.73 bits per heavy atom. The molecule has 0 saturated carbocycles. The Balaban J connectivity index is 1.74. The molecule has 0 radical (unpaired) electrons. The number of nitrogens with zero attached hydrogens (tertiary/aromatic N) is 1. The largest absolute Gasteiger partial charge is 0.350 e. The molecule has 5 nitrogen and oxygen atoms in total. The van der Waals surface area contributed by atoms with Gasteiger partial charge in [-0.25, -0.2) is 0 Å². The van der Waals surface area contributed by atoms with Crippen LogP contribution in [0.5, 0.6) is 0 Å². The van der Waals surface area contributed by atoms with Crippen molar-refractivity contribution in [3.8, 4) is 0 Å². The first kappa shape index (κ1) is 16.8. The van der Waals surface area contributed by atoms with Crippen LogP contribution >= 0.6 is 0 Å². The first-order valence-corrected chi connectivity index (χ1v) is 9.18. The van der Waals surface area contributed by atoms with Gasteiger partial charge in [-0.15, -0.1) is 0 Å². The summed E-state index contributed by atoms with van der Waals surface area (Å²) in [4.78, 5) is 25.5. The Bertz CT molecular complexity index is 965. The molecule has 134 valence electrons. The Morgan fingerprint density at radius 1 is 1.12 bits per heavy atom. The first-order chi connectivity index (χ1) is 12.6. The van der Waals surface area contributed by atoms with Gasteiger partial charge in [-0.3, -0.25) is 9.59 Å². The molecule has 0 spiro atoms. The molecule has 0 bridgehead atoms. The summed E-state index contributed by atoms with van der Waals surface area (Å²) in [7, 11) is 0. The van der Waals surface area contributed by atoms with E-state index in [1.165, 1.54) is 0 Å². The Kier molecular flexibility index (Phi) is 4.47. The van der Waals surface area contributed by atoms with Gasteiger partial charge < -0.3 is 15.2 Å². The number of para-hydroxylation sites is 2. The minimum Gasteiger partial charge on any atom is -0.350 e. The van der Waals surface area contributed by atoms with Crippen molar-refractivity contribution in [1.29, 1.82) is 0 Å². The van der Waals surface area contributed by atoms with Crippen molar-refractivity contribution in [1.82, 2.24) is 15.2 Å². The standard InChI is InChI=1S/C21H23N3O2/c1-14-17(9-6-12-22-14)23-20(25)13-24-18-10-4-2-7-15(18)21(26)16-8-3-5-11-19(16)24/h2-5,7-8,10-11,14,17,22H,6,9,12-13H2,1H3,(H,23,25). The zero-order valence-corrected chi connectivity index (χ0v) is 14.9. The highest BCUT2D eigenvalue weighted by atomic mass is 16.2. The molecule has 1 fully saturated rings. The van der Waals surface area contributed by atoms with Crippen LogP contribution in [-0.2, 0) is 11.3 Å². The molecule has 4 rings (SSSR count). The van der Waals surface area contributed by atoms with Gasteiger partial charge in [-0.1, -0.05) is 24.3 Å². The van der Waals surface area contributed by atoms with Crippen molar-refractivity contribution < 1.29 is 4.79 Å². The molecule has 2 aromatic carbocycles. The summed E-state index contributed by atoms with van der Waals surface area (Å²) in [5.41, 5.74) is 1.60. The molecule has 1 aliphatic heterocycles. The van der Waals surface area contributed by atoms with E-state index in [1.54, 1.807) is 0 Å². The second-order valence-electron chi connectivity index (χ2n) is 7.01. The molecule has 2 heterocycles. The summed E-state index contributed by atoms with van der Waals surface area (Å²) in [6.45, 7) is 3.31. The fourth-order valence-corrected chi connectivity index (χ4v) is 3.88. The van der Waals surface area contributed by atoms with E-state index < -0.39 is 0 Å². The van der Waals surface area contributed by atoms with Gasteiger partial charge in [0.2, 0.25) is 5.91 Å². The number of hydrogen-bond acceptors (Lipinski definition) is 3. The van der Waals surface area contributed by atoms with E-state index in [-0.39, 0.29) is 30.0 Å². The number of amides is 1. The predicted molar refractivity (Wildman–Crippen MR) is 104 cm³/mol. The van der Waals surface area contributed by atoms with E-state index in [2.05, 4.69) is 17.6 Å². The van der Waals surface area contributed by atoms with Crippen molar-refractivity contribution in [2.24, 2.45) is 0 Å². The number of fused-ring (bicyclic) bond motifs is 2. The Labute approximate surface area is 152 Å². The van der Waals surface area contributed by atoms with E-state index in [0.717, 1.165) is 30.4 Å². The van der Waals surface area contributed by atoms with Crippen LogP contribution in [0.3, 0.4) is 0 Å². The molecule has 1 amide bonds. The van der Waals surface area contributed by atoms with Gasteiger partial charge in [-0.2, -0.15) is 0 Å². The highest BCUT2D eigenvalue weighted by Gasteiger charge is 2.23. The van der Waals surface area contributed by atoms with Crippen LogP contribution in [0.1, 0.15) is 19.8 Å². The molecule has 2 N–H and O–H groups in total. The van der Waals surface area contributed by atoms with Gasteiger partial charge in [0.05, 0.1) is 11.0 Å². The maximum absolute atomic E-state index is 12.8. The third kappa shape index (κ3) is 2.99. The molecule has 2 atom stereocenters. The molecule has 1 saturated heterocycles. The fourth-order valence-electron chi connectivity index (χ4n) is 3.88. The average molecular weight is 349 g/mol. The normalized spacial score (nSPS) is 20.3. The van der Waals surface area contributed by atoms with Crippen molar-refractivity contribution in [3.63, 3.8) is 0 Å². The lowest BCUT2D eigenvalue weighted by Crippen LogP contribution is -2.52. The summed E-state index contributed by atoms with van der Waals surface area (Å²) < 4.78 is 1.95. The van der Waals surface area contributed by atoms with Crippen LogP contribution in [0.15, 0.2) is 53.3 Å². The quantitative estimate of drug-likeness (QED) is 0.714. The van der Waals surface area contributed by atoms with Crippen LogP contribution in [0.25, 0.3) is 21.8 Å². The third-order valence-corrected chi connectivity index (χ3v) is 5.29. The topological polar surface area (TPSA) is 63.1 Å². The summed E-state index contributed by atoms with van der Waals surface area (Å²) in [5.74, 6) is -0.0236. The molecule has 26 heavy (non-hydrogen) atoms. The minimum atomic E-state index is -0.0236. The summed E-state index contributed by atoms with van der Waals surface area (Å²) >= 11 is 0. The van der Waals surface area contributed by atoms with E-state index in [9.17, 15) is 9.59 Å². The second-order valence-corrected chi connectivity index (χ2v) is 7.01. The second kappa shape index (κ2) is 6.92. The molecule has 0 aliphatic carbocycles. The number of carbonyl (C=O) groups is 1. The van der Waals surface area contributed by atoms with Gasteiger partial charge in [-0.05, 0) is 50.6 Å². The number of carbonyl (C=O) groups excluding carboxylic acids is 1. The van der Waals surface area contributed by atoms with E-state index in [4.69, 9.17) is 0 Å². The van der Waals surface area contributed by atoms with Crippen LogP contribution < -0.4 is 16.1 Å². The summed E-state index contributed by atoms with van der Waals surface area (Å²) in [6.07, 6.45) is 2.06. The zero-order valence-electron chi connectivity index (χ0n) is 14.9. The maximum atomic E-state index is 12.8. The van der Waals surface area contributed by atoms with Crippen LogP contribution in [0.2, 0.25) is 0 Å². The molecule has 5 heteroatoms. The van der Waals surface area contributed by atoms with Gasteiger partial charge in [0, 0.05) is 22.9 Å². The van der Waals surface area contributed by atoms with E-state index in [1.807, 2.05) is 53.1 Å². The molecule has 1 aliphatic rings.